The van der Waals surface area contributed by atoms with Crippen molar-refractivity contribution in [3.8, 4) is 5.75 Å². The van der Waals surface area contributed by atoms with E-state index < -0.39 is 0 Å². The molecule has 1 aliphatic rings. The van der Waals surface area contributed by atoms with Gasteiger partial charge in [-0.2, -0.15) is 0 Å². The van der Waals surface area contributed by atoms with Gasteiger partial charge in [0.1, 0.15) is 10.9 Å². The molecule has 132 valence electrons. The van der Waals surface area contributed by atoms with Gasteiger partial charge in [0.05, 0.1) is 16.8 Å². The first kappa shape index (κ1) is 16.0. The number of nitrogens with zero attached hydrogens (tertiary/aromatic N) is 1. The van der Waals surface area contributed by atoms with Crippen molar-refractivity contribution in [2.45, 2.75) is 0 Å². The highest BCUT2D eigenvalue weighted by atomic mass is 35.5. The summed E-state index contributed by atoms with van der Waals surface area (Å²) in [6, 6.07) is 17.1. The van der Waals surface area contributed by atoms with Crippen LogP contribution in [-0.2, 0) is 4.79 Å². The molecule has 2 N–H and O–H groups in total. The molecule has 1 aromatic heterocycles. The summed E-state index contributed by atoms with van der Waals surface area (Å²) in [6.45, 7) is 0. The number of hydrogen-bond acceptors (Lipinski definition) is 2. The molecule has 4 aromatic rings. The van der Waals surface area contributed by atoms with Crippen LogP contribution >= 0.6 is 11.6 Å². The van der Waals surface area contributed by atoms with E-state index in [1.807, 2.05) is 30.3 Å². The van der Waals surface area contributed by atoms with Gasteiger partial charge in [0, 0.05) is 28.9 Å². The van der Waals surface area contributed by atoms with Gasteiger partial charge in [-0.25, -0.2) is 0 Å². The first-order chi connectivity index (χ1) is 13.0. The number of aromatic hydroxyl groups is 1. The fourth-order valence-electron chi connectivity index (χ4n) is 3.79. The monoisotopic (exact) mass is 374 g/mol. The molecule has 4 nitrogen and oxygen atoms in total. The zero-order valence-corrected chi connectivity index (χ0v) is 15.2. The number of halogens is 1. The summed E-state index contributed by atoms with van der Waals surface area (Å²) in [4.78, 5) is 17.6. The highest BCUT2D eigenvalue weighted by molar-refractivity contribution is 6.38. The maximum absolute atomic E-state index is 12.8. The normalized spacial score (nSPS) is 15.3. The molecule has 0 aliphatic carbocycles. The molecule has 1 aliphatic heterocycles. The fourth-order valence-corrected chi connectivity index (χ4v) is 4.04. The van der Waals surface area contributed by atoms with Crippen LogP contribution in [0.3, 0.4) is 0 Å². The molecule has 0 saturated carbocycles. The molecule has 27 heavy (non-hydrogen) atoms. The average Bonchev–Trinajstić information content (AvgIpc) is 3.11. The number of carbonyl (C=O) groups excluding carboxylic acids is 1. The first-order valence-electron chi connectivity index (χ1n) is 8.56. The molecule has 2 heterocycles. The Bertz CT molecular complexity index is 1290. The van der Waals surface area contributed by atoms with Crippen LogP contribution in [0.15, 0.2) is 54.6 Å². The Morgan fingerprint density at radius 2 is 1.89 bits per heavy atom. The Kier molecular flexibility index (Phi) is 3.33. The number of likely N-dealkylation sites (N-methyl/N-ethyl adjacent to an activating group) is 1. The third-order valence-electron chi connectivity index (χ3n) is 5.15. The van der Waals surface area contributed by atoms with E-state index in [1.54, 1.807) is 36.2 Å². The standard InChI is InChI=1S/C22H15ClN2O2/c1-25-19-9-7-13(26)10-16(19)18(22(25)27)11-17-15-8-6-12-4-2-3-5-14(12)20(15)24-21(17)23/h2-11,24,26H,1H3/b18-11+. The quantitative estimate of drug-likeness (QED) is 0.450. The van der Waals surface area contributed by atoms with Gasteiger partial charge in [-0.3, -0.25) is 4.79 Å². The molecule has 5 heteroatoms. The second-order valence-electron chi connectivity index (χ2n) is 6.69. The van der Waals surface area contributed by atoms with Crippen molar-refractivity contribution in [2.24, 2.45) is 0 Å². The summed E-state index contributed by atoms with van der Waals surface area (Å²) >= 11 is 6.51. The second-order valence-corrected chi connectivity index (χ2v) is 7.06. The van der Waals surface area contributed by atoms with Gasteiger partial charge >= 0.3 is 0 Å². The minimum absolute atomic E-state index is 0.123. The van der Waals surface area contributed by atoms with Crippen molar-refractivity contribution >= 4 is 56.5 Å². The van der Waals surface area contributed by atoms with Gasteiger partial charge in [0.2, 0.25) is 0 Å². The van der Waals surface area contributed by atoms with Crippen LogP contribution in [0.4, 0.5) is 5.69 Å². The lowest BCUT2D eigenvalue weighted by Crippen LogP contribution is -2.20. The molecule has 0 saturated heterocycles. The van der Waals surface area contributed by atoms with E-state index in [2.05, 4.69) is 11.1 Å². The Labute approximate surface area is 160 Å². The van der Waals surface area contributed by atoms with E-state index in [9.17, 15) is 9.90 Å². The molecule has 0 unspecified atom stereocenters. The van der Waals surface area contributed by atoms with Crippen molar-refractivity contribution in [2.75, 3.05) is 11.9 Å². The largest absolute Gasteiger partial charge is 0.508 e. The third-order valence-corrected chi connectivity index (χ3v) is 5.44. The van der Waals surface area contributed by atoms with E-state index >= 15 is 0 Å². The van der Waals surface area contributed by atoms with Crippen LogP contribution in [0.1, 0.15) is 11.1 Å². The highest BCUT2D eigenvalue weighted by Crippen LogP contribution is 2.41. The van der Waals surface area contributed by atoms with Crippen LogP contribution in [-0.4, -0.2) is 23.0 Å². The van der Waals surface area contributed by atoms with Gasteiger partial charge in [-0.1, -0.05) is 48.0 Å². The number of aromatic amines is 1. The predicted molar refractivity (Wildman–Crippen MR) is 110 cm³/mol. The van der Waals surface area contributed by atoms with Crippen molar-refractivity contribution in [3.05, 3.63) is 70.9 Å². The second kappa shape index (κ2) is 5.63. The van der Waals surface area contributed by atoms with Gasteiger partial charge in [-0.05, 0) is 29.7 Å². The van der Waals surface area contributed by atoms with Crippen LogP contribution in [0, 0.1) is 0 Å². The number of rotatable bonds is 1. The molecule has 1 amide bonds. The number of carbonyl (C=O) groups is 1. The molecule has 5 rings (SSSR count). The van der Waals surface area contributed by atoms with E-state index in [4.69, 9.17) is 11.6 Å². The maximum Gasteiger partial charge on any atom is 0.258 e. The van der Waals surface area contributed by atoms with Crippen molar-refractivity contribution in [1.82, 2.24) is 4.98 Å². The Morgan fingerprint density at radius 1 is 1.07 bits per heavy atom. The van der Waals surface area contributed by atoms with Crippen LogP contribution < -0.4 is 4.90 Å². The molecule has 0 bridgehead atoms. The summed E-state index contributed by atoms with van der Waals surface area (Å²) in [7, 11) is 1.73. The minimum atomic E-state index is -0.123. The van der Waals surface area contributed by atoms with E-state index in [0.29, 0.717) is 16.3 Å². The molecule has 3 aromatic carbocycles. The predicted octanol–water partition coefficient (Wildman–Crippen LogP) is 5.20. The Balaban J connectivity index is 1.78. The van der Waals surface area contributed by atoms with Gasteiger partial charge in [0.25, 0.3) is 5.91 Å². The number of phenolic OH excluding ortho intramolecular Hbond substituents is 1. The van der Waals surface area contributed by atoms with Crippen LogP contribution in [0.25, 0.3) is 33.3 Å². The molecule has 0 atom stereocenters. The Morgan fingerprint density at radius 3 is 2.74 bits per heavy atom. The molecule has 0 fully saturated rings. The number of benzene rings is 3. The zero-order valence-electron chi connectivity index (χ0n) is 14.5. The number of nitrogens with one attached hydrogen (secondary N) is 1. The Hall–Kier alpha value is -3.24. The summed E-state index contributed by atoms with van der Waals surface area (Å²) in [5.74, 6) is 0.000531. The zero-order chi connectivity index (χ0) is 18.7. The van der Waals surface area contributed by atoms with E-state index in [-0.39, 0.29) is 11.7 Å². The average molecular weight is 375 g/mol. The molecular weight excluding hydrogens is 360 g/mol. The summed E-state index contributed by atoms with van der Waals surface area (Å²) in [5.41, 5.74) is 3.70. The molecule has 0 radical (unpaired) electrons. The fraction of sp³-hybridized carbons (Fsp3) is 0.0455. The van der Waals surface area contributed by atoms with E-state index in [0.717, 1.165) is 32.9 Å². The van der Waals surface area contributed by atoms with Crippen LogP contribution in [0.5, 0.6) is 5.75 Å². The summed E-state index contributed by atoms with van der Waals surface area (Å²) in [6.07, 6.45) is 1.81. The minimum Gasteiger partial charge on any atom is -0.508 e. The summed E-state index contributed by atoms with van der Waals surface area (Å²) < 4.78 is 0. The lowest BCUT2D eigenvalue weighted by atomic mass is 10.0. The molecular formula is C22H15ClN2O2. The van der Waals surface area contributed by atoms with Gasteiger partial charge in [-0.15, -0.1) is 0 Å². The van der Waals surface area contributed by atoms with Gasteiger partial charge in [0.15, 0.2) is 0 Å². The molecule has 0 spiro atoms. The lowest BCUT2D eigenvalue weighted by molar-refractivity contribution is -0.112. The van der Waals surface area contributed by atoms with Crippen molar-refractivity contribution in [3.63, 3.8) is 0 Å². The summed E-state index contributed by atoms with van der Waals surface area (Å²) in [5, 5.41) is 13.5. The first-order valence-corrected chi connectivity index (χ1v) is 8.94. The number of H-pyrrole nitrogens is 1. The smallest absolute Gasteiger partial charge is 0.258 e. The van der Waals surface area contributed by atoms with E-state index in [1.165, 1.54) is 0 Å². The lowest BCUT2D eigenvalue weighted by Gasteiger charge is -2.08. The highest BCUT2D eigenvalue weighted by Gasteiger charge is 2.30. The van der Waals surface area contributed by atoms with Crippen molar-refractivity contribution in [1.29, 1.82) is 0 Å². The topological polar surface area (TPSA) is 56.3 Å². The van der Waals surface area contributed by atoms with Gasteiger partial charge < -0.3 is 15.0 Å². The number of aromatic nitrogens is 1. The van der Waals surface area contributed by atoms with Crippen molar-refractivity contribution < 1.29 is 9.90 Å². The number of anilines is 1. The van der Waals surface area contributed by atoms with Crippen LogP contribution in [0.2, 0.25) is 5.15 Å². The SMILES string of the molecule is CN1C(=O)/C(=C/c2c(Cl)[nH]c3c2ccc2ccccc23)c2cc(O)ccc21. The maximum atomic E-state index is 12.8. The third kappa shape index (κ3) is 2.27. The number of hydrogen-bond donors (Lipinski definition) is 2. The number of amides is 1. The number of phenols is 1. The number of fused-ring (bicyclic) bond motifs is 4.